The summed E-state index contributed by atoms with van der Waals surface area (Å²) in [6.45, 7) is 3.56. The van der Waals surface area contributed by atoms with Crippen molar-refractivity contribution in [1.29, 1.82) is 0 Å². The van der Waals surface area contributed by atoms with Crippen LogP contribution in [0, 0.1) is 13.8 Å². The second-order valence-electron chi connectivity index (χ2n) is 3.78. The van der Waals surface area contributed by atoms with Crippen LogP contribution < -0.4 is 0 Å². The number of nitrogens with zero attached hydrogens (tertiary/aromatic N) is 2. The van der Waals surface area contributed by atoms with Gasteiger partial charge in [-0.1, -0.05) is 16.6 Å². The summed E-state index contributed by atoms with van der Waals surface area (Å²) in [5.74, 6) is 0.0286. The molecular weight excluding hydrogens is 292 g/mol. The van der Waals surface area contributed by atoms with E-state index < -0.39 is 0 Å². The summed E-state index contributed by atoms with van der Waals surface area (Å²) in [6.07, 6.45) is 0. The van der Waals surface area contributed by atoms with E-state index in [2.05, 4.69) is 14.5 Å². The Bertz CT molecular complexity index is 603. The van der Waals surface area contributed by atoms with Crippen molar-refractivity contribution in [2.75, 3.05) is 0 Å². The fraction of sp³-hybridized carbons (Fsp3) is 0.182. The first kappa shape index (κ1) is 14.2. The molecule has 1 aromatic heterocycles. The van der Waals surface area contributed by atoms with Gasteiger partial charge < -0.3 is 5.11 Å². The van der Waals surface area contributed by atoms with Crippen LogP contribution in [0.1, 0.15) is 11.3 Å². The maximum absolute atomic E-state index is 10.0. The van der Waals surface area contributed by atoms with E-state index in [1.807, 2.05) is 0 Å². The van der Waals surface area contributed by atoms with Crippen molar-refractivity contribution in [3.05, 3.63) is 34.5 Å². The molecule has 19 heavy (non-hydrogen) atoms. The van der Waals surface area contributed by atoms with Gasteiger partial charge >= 0.3 is 0 Å². The number of hydrogen-bond acceptors (Lipinski definition) is 6. The van der Waals surface area contributed by atoms with Crippen molar-refractivity contribution in [3.63, 3.8) is 0 Å². The molecule has 0 radical (unpaired) electrons. The minimum absolute atomic E-state index is 0.0286. The molecule has 0 aliphatic rings. The van der Waals surface area contributed by atoms with Crippen molar-refractivity contribution in [3.8, 4) is 11.6 Å². The second-order valence-corrected chi connectivity index (χ2v) is 4.97. The van der Waals surface area contributed by atoms with Gasteiger partial charge in [0.15, 0.2) is 0 Å². The highest BCUT2D eigenvalue weighted by Gasteiger charge is 2.15. The predicted octanol–water partition coefficient (Wildman–Crippen LogP) is 3.28. The molecule has 0 spiro atoms. The van der Waals surface area contributed by atoms with E-state index in [0.717, 1.165) is 12.0 Å². The maximum atomic E-state index is 10.0. The van der Waals surface area contributed by atoms with Crippen LogP contribution >= 0.6 is 23.6 Å². The highest BCUT2D eigenvalue weighted by molar-refractivity contribution is 7.94. The fourth-order valence-corrected chi connectivity index (χ4v) is 2.11. The van der Waals surface area contributed by atoms with E-state index in [0.29, 0.717) is 26.9 Å². The van der Waals surface area contributed by atoms with E-state index in [4.69, 9.17) is 16.9 Å². The average molecular weight is 303 g/mol. The standard InChI is InChI=1S/C11H11ClN2O4S/c1-6-7(2)13-14(11(6)15)10-5-8(19-18-17-16)3-4-9(10)12/h3-5,15-16H,1-2H3. The van der Waals surface area contributed by atoms with Gasteiger partial charge in [-0.3, -0.25) is 0 Å². The lowest BCUT2D eigenvalue weighted by atomic mass is 10.3. The molecule has 0 unspecified atom stereocenters. The molecule has 0 amide bonds. The van der Waals surface area contributed by atoms with E-state index >= 15 is 0 Å². The monoisotopic (exact) mass is 302 g/mol. The first-order chi connectivity index (χ1) is 9.04. The Kier molecular flexibility index (Phi) is 4.33. The van der Waals surface area contributed by atoms with Gasteiger partial charge in [0.25, 0.3) is 0 Å². The molecule has 0 saturated carbocycles. The lowest BCUT2D eigenvalue weighted by molar-refractivity contribution is -0.432. The highest BCUT2D eigenvalue weighted by Crippen LogP contribution is 2.31. The minimum atomic E-state index is 0.0286. The minimum Gasteiger partial charge on any atom is -0.493 e. The van der Waals surface area contributed by atoms with E-state index in [1.54, 1.807) is 32.0 Å². The lowest BCUT2D eigenvalue weighted by Gasteiger charge is -2.07. The summed E-state index contributed by atoms with van der Waals surface area (Å²) in [4.78, 5) is 0.624. The number of aromatic nitrogens is 2. The van der Waals surface area contributed by atoms with E-state index in [-0.39, 0.29) is 5.88 Å². The van der Waals surface area contributed by atoms with Crippen LogP contribution in [0.25, 0.3) is 5.69 Å². The van der Waals surface area contributed by atoms with Crippen LogP contribution in [0.4, 0.5) is 0 Å². The highest BCUT2D eigenvalue weighted by atomic mass is 35.5. The smallest absolute Gasteiger partial charge is 0.217 e. The Labute approximate surface area is 118 Å². The van der Waals surface area contributed by atoms with Gasteiger partial charge in [-0.2, -0.15) is 9.78 Å². The van der Waals surface area contributed by atoms with Crippen LogP contribution in [0.3, 0.4) is 0 Å². The summed E-state index contributed by atoms with van der Waals surface area (Å²) < 4.78 is 5.69. The van der Waals surface area contributed by atoms with Crippen LogP contribution in [0.5, 0.6) is 5.88 Å². The summed E-state index contributed by atoms with van der Waals surface area (Å²) in [5, 5.41) is 26.3. The predicted molar refractivity (Wildman–Crippen MR) is 70.4 cm³/mol. The molecule has 1 heterocycles. The number of benzene rings is 1. The number of rotatable bonds is 4. The number of halogens is 1. The first-order valence-corrected chi connectivity index (χ1v) is 6.36. The molecule has 102 valence electrons. The quantitative estimate of drug-likeness (QED) is 0.513. The molecule has 0 atom stereocenters. The summed E-state index contributed by atoms with van der Waals surface area (Å²) >= 11 is 6.90. The topological polar surface area (TPSA) is 76.7 Å². The van der Waals surface area contributed by atoms with Gasteiger partial charge in [0, 0.05) is 10.5 Å². The third-order valence-corrected chi connectivity index (χ3v) is 3.53. The van der Waals surface area contributed by atoms with Gasteiger partial charge in [-0.05, 0) is 32.0 Å². The SMILES string of the molecule is Cc1nn(-c2cc(SOOO)ccc2Cl)c(O)c1C. The van der Waals surface area contributed by atoms with Crippen LogP contribution in [-0.4, -0.2) is 20.1 Å². The molecule has 0 fully saturated rings. The number of aromatic hydroxyl groups is 1. The lowest BCUT2D eigenvalue weighted by Crippen LogP contribution is -1.97. The molecule has 0 bridgehead atoms. The second kappa shape index (κ2) is 5.81. The summed E-state index contributed by atoms with van der Waals surface area (Å²) in [5.41, 5.74) is 1.90. The van der Waals surface area contributed by atoms with Crippen LogP contribution in [0.2, 0.25) is 5.02 Å². The Morgan fingerprint density at radius 2 is 2.11 bits per heavy atom. The van der Waals surface area contributed by atoms with Crippen molar-refractivity contribution in [1.82, 2.24) is 9.78 Å². The number of aryl methyl sites for hydroxylation is 1. The Morgan fingerprint density at radius 1 is 1.37 bits per heavy atom. The molecular formula is C11H11ClN2O4S. The van der Waals surface area contributed by atoms with Crippen LogP contribution in [0.15, 0.2) is 23.1 Å². The normalized spacial score (nSPS) is 10.9. The molecule has 2 aromatic rings. The van der Waals surface area contributed by atoms with Gasteiger partial charge in [-0.25, -0.2) is 5.26 Å². The Balaban J connectivity index is 2.45. The molecule has 2 rings (SSSR count). The van der Waals surface area contributed by atoms with Gasteiger partial charge in [-0.15, -0.1) is 4.33 Å². The summed E-state index contributed by atoms with van der Waals surface area (Å²) in [6, 6.07) is 4.96. The maximum Gasteiger partial charge on any atom is 0.217 e. The molecule has 1 aromatic carbocycles. The van der Waals surface area contributed by atoms with Gasteiger partial charge in [0.2, 0.25) is 5.88 Å². The molecule has 0 saturated heterocycles. The van der Waals surface area contributed by atoms with E-state index in [9.17, 15) is 5.11 Å². The molecule has 8 heteroatoms. The number of hydrogen-bond donors (Lipinski definition) is 2. The molecule has 6 nitrogen and oxygen atoms in total. The van der Waals surface area contributed by atoms with Crippen molar-refractivity contribution in [2.24, 2.45) is 0 Å². The zero-order valence-corrected chi connectivity index (χ0v) is 11.7. The zero-order chi connectivity index (χ0) is 14.0. The third-order valence-electron chi connectivity index (χ3n) is 2.64. The molecule has 0 aliphatic carbocycles. The fourth-order valence-electron chi connectivity index (χ4n) is 1.52. The van der Waals surface area contributed by atoms with Gasteiger partial charge in [0.05, 0.1) is 28.4 Å². The Hall–Kier alpha value is -1.25. The Morgan fingerprint density at radius 3 is 2.68 bits per heavy atom. The molecule has 2 N–H and O–H groups in total. The first-order valence-electron chi connectivity index (χ1n) is 5.24. The zero-order valence-electron chi connectivity index (χ0n) is 10.1. The van der Waals surface area contributed by atoms with Crippen molar-refractivity contribution in [2.45, 2.75) is 18.7 Å². The molecule has 0 aliphatic heterocycles. The van der Waals surface area contributed by atoms with E-state index in [1.165, 1.54) is 4.68 Å². The van der Waals surface area contributed by atoms with Crippen LogP contribution in [-0.2, 0) is 9.37 Å². The largest absolute Gasteiger partial charge is 0.493 e. The third kappa shape index (κ3) is 2.85. The van der Waals surface area contributed by atoms with Crippen molar-refractivity contribution >= 4 is 23.6 Å². The van der Waals surface area contributed by atoms with Crippen molar-refractivity contribution < 1.29 is 19.7 Å². The average Bonchev–Trinajstić information content (AvgIpc) is 2.65. The van der Waals surface area contributed by atoms with Gasteiger partial charge in [0.1, 0.15) is 0 Å². The summed E-state index contributed by atoms with van der Waals surface area (Å²) in [7, 11) is 0.